The van der Waals surface area contributed by atoms with Gasteiger partial charge in [0.2, 0.25) is 5.91 Å². The Balaban J connectivity index is 1.65. The lowest BCUT2D eigenvalue weighted by Gasteiger charge is -2.37. The number of thiophene rings is 1. The van der Waals surface area contributed by atoms with Crippen LogP contribution in [-0.4, -0.2) is 19.0 Å². The van der Waals surface area contributed by atoms with E-state index in [-0.39, 0.29) is 11.3 Å². The van der Waals surface area contributed by atoms with Crippen LogP contribution in [0, 0.1) is 11.3 Å². The van der Waals surface area contributed by atoms with Gasteiger partial charge in [0.25, 0.3) is 0 Å². The molecule has 1 aliphatic heterocycles. The average Bonchev–Trinajstić information content (AvgIpc) is 3.02. The molecule has 0 unspecified atom stereocenters. The molecule has 0 spiro atoms. The van der Waals surface area contributed by atoms with Crippen LogP contribution in [0.15, 0.2) is 15.9 Å². The van der Waals surface area contributed by atoms with Gasteiger partial charge in [0.15, 0.2) is 0 Å². The van der Waals surface area contributed by atoms with Crippen molar-refractivity contribution >= 4 is 33.2 Å². The fraction of sp³-hybridized carbons (Fsp3) is 0.643. The lowest BCUT2D eigenvalue weighted by Crippen LogP contribution is -2.47. The van der Waals surface area contributed by atoms with Crippen LogP contribution in [0.5, 0.6) is 0 Å². The van der Waals surface area contributed by atoms with Crippen LogP contribution in [0.1, 0.15) is 30.6 Å². The van der Waals surface area contributed by atoms with Gasteiger partial charge >= 0.3 is 0 Å². The Morgan fingerprint density at radius 2 is 2.42 bits per heavy atom. The Bertz CT molecular complexity index is 476. The molecule has 3 rings (SSSR count). The van der Waals surface area contributed by atoms with Gasteiger partial charge in [-0.2, -0.15) is 0 Å². The molecule has 1 aliphatic carbocycles. The van der Waals surface area contributed by atoms with Crippen molar-refractivity contribution in [1.82, 2.24) is 10.6 Å². The van der Waals surface area contributed by atoms with Crippen LogP contribution < -0.4 is 10.6 Å². The molecular weight excluding hydrogens is 324 g/mol. The van der Waals surface area contributed by atoms with E-state index in [4.69, 9.17) is 0 Å². The molecular formula is C14H19BrN2OS. The molecule has 1 aromatic rings. The van der Waals surface area contributed by atoms with E-state index in [0.29, 0.717) is 12.5 Å². The first-order valence-electron chi connectivity index (χ1n) is 6.94. The van der Waals surface area contributed by atoms with E-state index in [0.717, 1.165) is 23.3 Å². The van der Waals surface area contributed by atoms with Gasteiger partial charge in [-0.15, -0.1) is 11.3 Å². The van der Waals surface area contributed by atoms with Gasteiger partial charge < -0.3 is 10.6 Å². The van der Waals surface area contributed by atoms with Gasteiger partial charge in [-0.05, 0) is 53.4 Å². The molecule has 1 saturated heterocycles. The molecule has 19 heavy (non-hydrogen) atoms. The number of nitrogens with one attached hydrogen (secondary N) is 2. The zero-order valence-electron chi connectivity index (χ0n) is 10.9. The largest absolute Gasteiger partial charge is 0.351 e. The second kappa shape index (κ2) is 5.54. The monoisotopic (exact) mass is 342 g/mol. The normalized spacial score (nSPS) is 30.1. The molecule has 104 valence electrons. The summed E-state index contributed by atoms with van der Waals surface area (Å²) in [6, 6.07) is 4.10. The second-order valence-electron chi connectivity index (χ2n) is 5.62. The topological polar surface area (TPSA) is 41.1 Å². The summed E-state index contributed by atoms with van der Waals surface area (Å²) >= 11 is 5.14. The molecule has 2 N–H and O–H groups in total. The maximum atomic E-state index is 12.6. The highest BCUT2D eigenvalue weighted by molar-refractivity contribution is 9.11. The summed E-state index contributed by atoms with van der Waals surface area (Å²) in [6.45, 7) is 2.53. The third-order valence-electron chi connectivity index (χ3n) is 4.54. The number of fused-ring (bicyclic) bond motifs is 1. The molecule has 0 bridgehead atoms. The highest BCUT2D eigenvalue weighted by atomic mass is 79.9. The van der Waals surface area contributed by atoms with Crippen molar-refractivity contribution in [3.8, 4) is 0 Å². The molecule has 2 fully saturated rings. The zero-order valence-corrected chi connectivity index (χ0v) is 13.3. The predicted octanol–water partition coefficient (Wildman–Crippen LogP) is 2.91. The number of hydrogen-bond donors (Lipinski definition) is 2. The van der Waals surface area contributed by atoms with E-state index in [1.807, 2.05) is 6.07 Å². The summed E-state index contributed by atoms with van der Waals surface area (Å²) in [4.78, 5) is 13.8. The van der Waals surface area contributed by atoms with Gasteiger partial charge in [0.05, 0.1) is 15.7 Å². The van der Waals surface area contributed by atoms with Gasteiger partial charge in [-0.25, -0.2) is 0 Å². The summed E-state index contributed by atoms with van der Waals surface area (Å²) in [5.74, 6) is 0.794. The first kappa shape index (κ1) is 13.6. The van der Waals surface area contributed by atoms with Crippen molar-refractivity contribution in [2.75, 3.05) is 13.1 Å². The van der Waals surface area contributed by atoms with Crippen LogP contribution in [0.4, 0.5) is 0 Å². The Morgan fingerprint density at radius 1 is 1.53 bits per heavy atom. The molecule has 0 radical (unpaired) electrons. The molecule has 1 amide bonds. The number of hydrogen-bond acceptors (Lipinski definition) is 3. The smallest absolute Gasteiger partial charge is 0.228 e. The van der Waals surface area contributed by atoms with E-state index < -0.39 is 0 Å². The van der Waals surface area contributed by atoms with Crippen molar-refractivity contribution in [3.05, 3.63) is 20.8 Å². The summed E-state index contributed by atoms with van der Waals surface area (Å²) in [5.41, 5.74) is -0.132. The molecule has 5 heteroatoms. The minimum atomic E-state index is -0.132. The maximum absolute atomic E-state index is 12.6. The predicted molar refractivity (Wildman–Crippen MR) is 81.1 cm³/mol. The van der Waals surface area contributed by atoms with Crippen molar-refractivity contribution < 1.29 is 4.79 Å². The number of carbonyl (C=O) groups is 1. The number of rotatable bonds is 3. The van der Waals surface area contributed by atoms with Crippen LogP contribution in [0.3, 0.4) is 0 Å². The van der Waals surface area contributed by atoms with Crippen LogP contribution in [0.25, 0.3) is 0 Å². The average molecular weight is 343 g/mol. The van der Waals surface area contributed by atoms with Gasteiger partial charge in [-0.1, -0.05) is 12.8 Å². The second-order valence-corrected chi connectivity index (χ2v) is 8.17. The van der Waals surface area contributed by atoms with Crippen LogP contribution in [0.2, 0.25) is 0 Å². The van der Waals surface area contributed by atoms with Gasteiger partial charge in [0, 0.05) is 11.4 Å². The van der Waals surface area contributed by atoms with Crippen LogP contribution >= 0.6 is 27.3 Å². The molecule has 2 aliphatic rings. The quantitative estimate of drug-likeness (QED) is 0.886. The number of halogens is 1. The van der Waals surface area contributed by atoms with E-state index in [1.165, 1.54) is 24.1 Å². The van der Waals surface area contributed by atoms with Crippen molar-refractivity contribution in [1.29, 1.82) is 0 Å². The first-order valence-corrected chi connectivity index (χ1v) is 8.55. The lowest BCUT2D eigenvalue weighted by atomic mass is 9.67. The highest BCUT2D eigenvalue weighted by Crippen LogP contribution is 2.43. The van der Waals surface area contributed by atoms with E-state index >= 15 is 0 Å². The van der Waals surface area contributed by atoms with Gasteiger partial charge in [0.1, 0.15) is 0 Å². The van der Waals surface area contributed by atoms with Crippen molar-refractivity contribution in [2.45, 2.75) is 32.2 Å². The Morgan fingerprint density at radius 3 is 3.21 bits per heavy atom. The standard InChI is InChI=1S/C14H19BrN2OS/c15-12-5-4-11(19-12)8-17-13(18)14-6-2-1-3-10(14)7-16-9-14/h4-5,10,16H,1-3,6-9H2,(H,17,18)/t10-,14+/m0/s1. The molecule has 3 nitrogen and oxygen atoms in total. The fourth-order valence-corrected chi connectivity index (χ4v) is 4.90. The Labute approximate surface area is 126 Å². The highest BCUT2D eigenvalue weighted by Gasteiger charge is 2.49. The minimum Gasteiger partial charge on any atom is -0.351 e. The number of carbonyl (C=O) groups excluding carboxylic acids is 1. The molecule has 1 aromatic heterocycles. The summed E-state index contributed by atoms with van der Waals surface area (Å²) in [7, 11) is 0. The van der Waals surface area contributed by atoms with E-state index in [1.54, 1.807) is 11.3 Å². The SMILES string of the molecule is O=C(NCc1ccc(Br)s1)[C@@]12CCCC[C@H]1CNC2. The molecule has 2 heterocycles. The Kier molecular flexibility index (Phi) is 3.96. The summed E-state index contributed by atoms with van der Waals surface area (Å²) in [5, 5.41) is 6.58. The summed E-state index contributed by atoms with van der Waals surface area (Å²) in [6.07, 6.45) is 4.71. The molecule has 2 atom stereocenters. The van der Waals surface area contributed by atoms with Crippen LogP contribution in [-0.2, 0) is 11.3 Å². The van der Waals surface area contributed by atoms with Crippen molar-refractivity contribution in [2.24, 2.45) is 11.3 Å². The fourth-order valence-electron chi connectivity index (χ4n) is 3.48. The Hall–Kier alpha value is -0.390. The van der Waals surface area contributed by atoms with Gasteiger partial charge in [-0.3, -0.25) is 4.79 Å². The minimum absolute atomic E-state index is 0.132. The number of amides is 1. The lowest BCUT2D eigenvalue weighted by molar-refractivity contribution is -0.134. The summed E-state index contributed by atoms with van der Waals surface area (Å²) < 4.78 is 1.12. The maximum Gasteiger partial charge on any atom is 0.228 e. The molecule has 1 saturated carbocycles. The third kappa shape index (κ3) is 2.60. The first-order chi connectivity index (χ1) is 9.21. The molecule has 0 aromatic carbocycles. The van der Waals surface area contributed by atoms with E-state index in [2.05, 4.69) is 32.6 Å². The third-order valence-corrected chi connectivity index (χ3v) is 6.17. The van der Waals surface area contributed by atoms with Crippen molar-refractivity contribution in [3.63, 3.8) is 0 Å². The zero-order chi connectivity index (χ0) is 13.3. The van der Waals surface area contributed by atoms with E-state index in [9.17, 15) is 4.79 Å².